The third kappa shape index (κ3) is 8.01. The molecule has 37 heavy (non-hydrogen) atoms. The molecule has 0 spiro atoms. The molecule has 0 aliphatic carbocycles. The highest BCUT2D eigenvalue weighted by atomic mass is 16.6. The van der Waals surface area contributed by atoms with Gasteiger partial charge in [0.05, 0.1) is 32.5 Å². The van der Waals surface area contributed by atoms with Gasteiger partial charge in [-0.15, -0.1) is 0 Å². The molecular formula is C31H31NO5. The third-order valence-corrected chi connectivity index (χ3v) is 5.52. The highest BCUT2D eigenvalue weighted by Gasteiger charge is 2.10. The second-order valence-corrected chi connectivity index (χ2v) is 8.17. The van der Waals surface area contributed by atoms with Crippen LogP contribution in [0.4, 0.5) is 0 Å². The van der Waals surface area contributed by atoms with E-state index in [0.29, 0.717) is 29.4 Å². The van der Waals surface area contributed by atoms with Crippen LogP contribution in [0.2, 0.25) is 0 Å². The van der Waals surface area contributed by atoms with Crippen LogP contribution in [0, 0.1) is 11.3 Å². The zero-order valence-electron chi connectivity index (χ0n) is 21.4. The Morgan fingerprint density at radius 2 is 1.54 bits per heavy atom. The van der Waals surface area contributed by atoms with E-state index in [1.807, 2.05) is 42.5 Å². The molecule has 0 aliphatic heterocycles. The number of benzene rings is 3. The van der Waals surface area contributed by atoms with Gasteiger partial charge in [0.1, 0.15) is 0 Å². The van der Waals surface area contributed by atoms with Crippen molar-refractivity contribution in [2.24, 2.45) is 0 Å². The molecule has 6 nitrogen and oxygen atoms in total. The Morgan fingerprint density at radius 3 is 2.24 bits per heavy atom. The van der Waals surface area contributed by atoms with E-state index in [9.17, 15) is 10.1 Å². The molecular weight excluding hydrogens is 466 g/mol. The summed E-state index contributed by atoms with van der Waals surface area (Å²) in [6, 6.07) is 22.2. The Hall–Kier alpha value is -4.50. The fraction of sp³-hybridized carbons (Fsp3) is 0.226. The lowest BCUT2D eigenvalue weighted by Crippen LogP contribution is -2.05. The molecule has 0 fully saturated rings. The summed E-state index contributed by atoms with van der Waals surface area (Å²) in [6.45, 7) is 2.78. The summed E-state index contributed by atoms with van der Waals surface area (Å²) in [4.78, 5) is 12.5. The highest BCUT2D eigenvalue weighted by molar-refractivity contribution is 5.91. The van der Waals surface area contributed by atoms with Gasteiger partial charge in [0.15, 0.2) is 23.0 Å². The van der Waals surface area contributed by atoms with E-state index in [-0.39, 0.29) is 5.75 Å². The van der Waals surface area contributed by atoms with Gasteiger partial charge in [-0.2, -0.15) is 5.26 Å². The minimum absolute atomic E-state index is 0.279. The van der Waals surface area contributed by atoms with Crippen molar-refractivity contribution in [2.45, 2.75) is 26.2 Å². The number of carbonyl (C=O) groups excluding carboxylic acids is 1. The first-order chi connectivity index (χ1) is 18.1. The predicted molar refractivity (Wildman–Crippen MR) is 146 cm³/mol. The lowest BCUT2D eigenvalue weighted by molar-refractivity contribution is -0.129. The minimum Gasteiger partial charge on any atom is -0.493 e. The second-order valence-electron chi connectivity index (χ2n) is 8.17. The van der Waals surface area contributed by atoms with Crippen molar-refractivity contribution in [3.8, 4) is 29.1 Å². The summed E-state index contributed by atoms with van der Waals surface area (Å²) >= 11 is 0. The first kappa shape index (κ1) is 27.1. The van der Waals surface area contributed by atoms with E-state index in [0.717, 1.165) is 36.0 Å². The van der Waals surface area contributed by atoms with Gasteiger partial charge >= 0.3 is 5.97 Å². The van der Waals surface area contributed by atoms with E-state index in [1.165, 1.54) is 13.2 Å². The topological polar surface area (TPSA) is 77.8 Å². The average molecular weight is 498 g/mol. The molecule has 190 valence electrons. The molecule has 0 atom stereocenters. The number of rotatable bonds is 12. The SMILES string of the molecule is CCCCCOc1ccc(/C=C/C(=O)Oc2ccc(/C=C(\C#N)c3ccccc3)cc2OC)cc1OC. The number of methoxy groups -OCH3 is 2. The van der Waals surface area contributed by atoms with Crippen molar-refractivity contribution in [3.63, 3.8) is 0 Å². The lowest BCUT2D eigenvalue weighted by atomic mass is 10.0. The summed E-state index contributed by atoms with van der Waals surface area (Å²) in [5.41, 5.74) is 2.85. The quantitative estimate of drug-likeness (QED) is 0.0672. The fourth-order valence-corrected chi connectivity index (χ4v) is 3.57. The number of allylic oxidation sites excluding steroid dienone is 1. The first-order valence-electron chi connectivity index (χ1n) is 12.1. The maximum absolute atomic E-state index is 12.5. The Morgan fingerprint density at radius 1 is 0.865 bits per heavy atom. The van der Waals surface area contributed by atoms with Crippen LogP contribution in [0.3, 0.4) is 0 Å². The minimum atomic E-state index is -0.553. The van der Waals surface area contributed by atoms with Crippen LogP contribution in [-0.4, -0.2) is 26.8 Å². The largest absolute Gasteiger partial charge is 0.493 e. The van der Waals surface area contributed by atoms with Gasteiger partial charge in [-0.1, -0.05) is 62.2 Å². The van der Waals surface area contributed by atoms with Crippen molar-refractivity contribution in [1.29, 1.82) is 5.26 Å². The number of hydrogen-bond donors (Lipinski definition) is 0. The van der Waals surface area contributed by atoms with Crippen LogP contribution < -0.4 is 18.9 Å². The Bertz CT molecular complexity index is 1290. The van der Waals surface area contributed by atoms with Crippen LogP contribution in [0.1, 0.15) is 42.9 Å². The van der Waals surface area contributed by atoms with E-state index in [2.05, 4.69) is 13.0 Å². The van der Waals surface area contributed by atoms with Gasteiger partial charge < -0.3 is 18.9 Å². The molecule has 0 heterocycles. The van der Waals surface area contributed by atoms with Crippen molar-refractivity contribution >= 4 is 23.7 Å². The summed E-state index contributed by atoms with van der Waals surface area (Å²) in [7, 11) is 3.08. The highest BCUT2D eigenvalue weighted by Crippen LogP contribution is 2.31. The monoisotopic (exact) mass is 497 g/mol. The zero-order valence-corrected chi connectivity index (χ0v) is 21.4. The Kier molecular flexibility index (Phi) is 10.4. The van der Waals surface area contributed by atoms with Crippen LogP contribution in [0.25, 0.3) is 17.7 Å². The summed E-state index contributed by atoms with van der Waals surface area (Å²) in [5.74, 6) is 1.38. The standard InChI is InChI=1S/C31H31NO5/c1-4-5-9-18-36-27-15-12-23(20-29(27)34-2)14-17-31(33)37-28-16-13-24(21-30(28)35-3)19-26(22-32)25-10-7-6-8-11-25/h6-8,10-17,19-21H,4-5,9,18H2,1-3H3/b17-14+,26-19+. The fourth-order valence-electron chi connectivity index (χ4n) is 3.57. The van der Waals surface area contributed by atoms with Crippen LogP contribution >= 0.6 is 0 Å². The predicted octanol–water partition coefficient (Wildman–Crippen LogP) is 6.96. The molecule has 3 aromatic carbocycles. The van der Waals surface area contributed by atoms with Crippen molar-refractivity contribution in [1.82, 2.24) is 0 Å². The van der Waals surface area contributed by atoms with Crippen molar-refractivity contribution in [3.05, 3.63) is 89.5 Å². The Labute approximate surface area is 218 Å². The molecule has 0 saturated carbocycles. The zero-order chi connectivity index (χ0) is 26.5. The van der Waals surface area contributed by atoms with E-state index in [4.69, 9.17) is 18.9 Å². The summed E-state index contributed by atoms with van der Waals surface area (Å²) in [5, 5.41) is 9.56. The third-order valence-electron chi connectivity index (χ3n) is 5.52. The molecule has 0 aliphatic rings. The molecule has 3 rings (SSSR count). The molecule has 0 N–H and O–H groups in total. The molecule has 0 unspecified atom stereocenters. The molecule has 0 amide bonds. The van der Waals surface area contributed by atoms with Gasteiger partial charge in [0.2, 0.25) is 0 Å². The number of esters is 1. The second kappa shape index (κ2) is 14.2. The number of carbonyl (C=O) groups is 1. The van der Waals surface area contributed by atoms with Gasteiger partial charge in [-0.25, -0.2) is 4.79 Å². The van der Waals surface area contributed by atoms with Crippen LogP contribution in [0.15, 0.2) is 72.8 Å². The first-order valence-corrected chi connectivity index (χ1v) is 12.1. The van der Waals surface area contributed by atoms with E-state index in [1.54, 1.807) is 43.5 Å². The number of ether oxygens (including phenoxy) is 4. The lowest BCUT2D eigenvalue weighted by Gasteiger charge is -2.11. The van der Waals surface area contributed by atoms with Gasteiger partial charge in [0.25, 0.3) is 0 Å². The molecule has 3 aromatic rings. The van der Waals surface area contributed by atoms with Crippen molar-refractivity contribution in [2.75, 3.05) is 20.8 Å². The molecule has 0 aromatic heterocycles. The Balaban J connectivity index is 1.69. The van der Waals surface area contributed by atoms with Crippen LogP contribution in [0.5, 0.6) is 23.0 Å². The number of unbranched alkanes of at least 4 members (excludes halogenated alkanes) is 2. The number of hydrogen-bond acceptors (Lipinski definition) is 6. The average Bonchev–Trinajstić information content (AvgIpc) is 2.94. The molecule has 0 saturated heterocycles. The maximum Gasteiger partial charge on any atom is 0.336 e. The van der Waals surface area contributed by atoms with E-state index >= 15 is 0 Å². The van der Waals surface area contributed by atoms with E-state index < -0.39 is 5.97 Å². The van der Waals surface area contributed by atoms with Gasteiger partial charge in [-0.3, -0.25) is 0 Å². The molecule has 6 heteroatoms. The normalized spacial score (nSPS) is 11.1. The summed E-state index contributed by atoms with van der Waals surface area (Å²) < 4.78 is 22.1. The smallest absolute Gasteiger partial charge is 0.336 e. The van der Waals surface area contributed by atoms with Gasteiger partial charge in [-0.05, 0) is 59.5 Å². The van der Waals surface area contributed by atoms with Crippen LogP contribution in [-0.2, 0) is 4.79 Å². The maximum atomic E-state index is 12.5. The number of nitrogens with zero attached hydrogens (tertiary/aromatic N) is 1. The number of nitriles is 1. The van der Waals surface area contributed by atoms with Gasteiger partial charge in [0, 0.05) is 6.08 Å². The van der Waals surface area contributed by atoms with Crippen molar-refractivity contribution < 1.29 is 23.7 Å². The summed E-state index contributed by atoms with van der Waals surface area (Å²) in [6.07, 6.45) is 7.98. The molecule has 0 bridgehead atoms. The molecule has 0 radical (unpaired) electrons.